The number of thioether (sulfide) groups is 1. The highest BCUT2D eigenvalue weighted by Gasteiger charge is 2.13. The second-order valence-corrected chi connectivity index (χ2v) is 5.91. The molecule has 0 saturated heterocycles. The number of hydrogen-bond donors (Lipinski definition) is 1. The summed E-state index contributed by atoms with van der Waals surface area (Å²) >= 11 is 1.56. The van der Waals surface area contributed by atoms with Gasteiger partial charge in [-0.2, -0.15) is 0 Å². The molecule has 2 aromatic rings. The summed E-state index contributed by atoms with van der Waals surface area (Å²) in [6.07, 6.45) is 0. The van der Waals surface area contributed by atoms with Crippen LogP contribution in [0.15, 0.2) is 41.3 Å². The predicted octanol–water partition coefficient (Wildman–Crippen LogP) is 4.37. The second kappa shape index (κ2) is 6.37. The fraction of sp³-hybridized carbons (Fsp3) is 0.250. The van der Waals surface area contributed by atoms with Gasteiger partial charge in [0.25, 0.3) is 0 Å². The highest BCUT2D eigenvalue weighted by Crippen LogP contribution is 2.28. The number of nitrogens with two attached hydrogens (primary N) is 1. The van der Waals surface area contributed by atoms with Crippen LogP contribution in [0.25, 0.3) is 0 Å². The minimum atomic E-state index is -0.531. The molecule has 1 unspecified atom stereocenters. The molecule has 2 aromatic carbocycles. The number of hydrogen-bond acceptors (Lipinski definition) is 2. The molecule has 0 spiro atoms. The summed E-state index contributed by atoms with van der Waals surface area (Å²) in [4.78, 5) is 1.11. The Bertz CT molecular complexity index is 613. The molecule has 0 aromatic heterocycles. The number of aryl methyl sites for hydroxylation is 2. The zero-order valence-electron chi connectivity index (χ0n) is 11.5. The summed E-state index contributed by atoms with van der Waals surface area (Å²) in [5.41, 5.74) is 8.56. The molecule has 0 aliphatic carbocycles. The van der Waals surface area contributed by atoms with Crippen LogP contribution >= 0.6 is 11.8 Å². The molecule has 0 fully saturated rings. The van der Waals surface area contributed by atoms with Crippen molar-refractivity contribution in [1.29, 1.82) is 0 Å². The Morgan fingerprint density at radius 1 is 1.10 bits per heavy atom. The van der Waals surface area contributed by atoms with Crippen molar-refractivity contribution in [3.8, 4) is 0 Å². The van der Waals surface area contributed by atoms with Crippen LogP contribution in [0, 0.1) is 25.5 Å². The van der Waals surface area contributed by atoms with Crippen LogP contribution in [0.3, 0.4) is 0 Å². The average molecular weight is 293 g/mol. The van der Waals surface area contributed by atoms with Gasteiger partial charge in [0, 0.05) is 22.3 Å². The van der Waals surface area contributed by atoms with Crippen molar-refractivity contribution in [1.82, 2.24) is 0 Å². The van der Waals surface area contributed by atoms with E-state index in [0.29, 0.717) is 5.75 Å². The largest absolute Gasteiger partial charge is 0.323 e. The van der Waals surface area contributed by atoms with Gasteiger partial charge >= 0.3 is 0 Å². The van der Waals surface area contributed by atoms with Gasteiger partial charge in [-0.05, 0) is 43.7 Å². The monoisotopic (exact) mass is 293 g/mol. The lowest BCUT2D eigenvalue weighted by atomic mass is 10.1. The lowest BCUT2D eigenvalue weighted by Gasteiger charge is -2.14. The van der Waals surface area contributed by atoms with Crippen molar-refractivity contribution in [2.45, 2.75) is 24.8 Å². The lowest BCUT2D eigenvalue weighted by molar-refractivity contribution is 0.573. The Morgan fingerprint density at radius 3 is 2.55 bits per heavy atom. The number of rotatable bonds is 4. The summed E-state index contributed by atoms with van der Waals surface area (Å²) < 4.78 is 26.8. The second-order valence-electron chi connectivity index (χ2n) is 4.85. The molecule has 0 bridgehead atoms. The molecule has 20 heavy (non-hydrogen) atoms. The van der Waals surface area contributed by atoms with Crippen LogP contribution in [0.5, 0.6) is 0 Å². The molecule has 106 valence electrons. The molecule has 0 saturated carbocycles. The Hall–Kier alpha value is -1.39. The van der Waals surface area contributed by atoms with Crippen molar-refractivity contribution in [2.75, 3.05) is 5.75 Å². The van der Waals surface area contributed by atoms with Gasteiger partial charge in [0.2, 0.25) is 0 Å². The minimum absolute atomic E-state index is 0.224. The van der Waals surface area contributed by atoms with Crippen molar-refractivity contribution in [3.63, 3.8) is 0 Å². The first-order valence-electron chi connectivity index (χ1n) is 6.38. The van der Waals surface area contributed by atoms with Crippen molar-refractivity contribution in [3.05, 3.63) is 64.7 Å². The molecule has 0 aliphatic heterocycles. The average Bonchev–Trinajstić information content (AvgIpc) is 2.40. The molecular weight excluding hydrogens is 276 g/mol. The van der Waals surface area contributed by atoms with E-state index in [4.69, 9.17) is 5.73 Å². The van der Waals surface area contributed by atoms with E-state index in [9.17, 15) is 8.78 Å². The van der Waals surface area contributed by atoms with Gasteiger partial charge < -0.3 is 5.73 Å². The fourth-order valence-electron chi connectivity index (χ4n) is 2.03. The maximum atomic E-state index is 13.6. The predicted molar refractivity (Wildman–Crippen MR) is 79.9 cm³/mol. The van der Waals surface area contributed by atoms with Crippen molar-refractivity contribution < 1.29 is 8.78 Å². The summed E-state index contributed by atoms with van der Waals surface area (Å²) in [5.74, 6) is -0.418. The van der Waals surface area contributed by atoms with E-state index >= 15 is 0 Å². The van der Waals surface area contributed by atoms with Crippen LogP contribution < -0.4 is 5.73 Å². The first kappa shape index (κ1) is 15.0. The first-order chi connectivity index (χ1) is 9.47. The Labute approximate surface area is 122 Å². The third-order valence-electron chi connectivity index (χ3n) is 3.11. The van der Waals surface area contributed by atoms with Gasteiger partial charge in [-0.1, -0.05) is 17.7 Å². The number of halogens is 2. The van der Waals surface area contributed by atoms with E-state index in [1.807, 2.05) is 26.0 Å². The first-order valence-corrected chi connectivity index (χ1v) is 7.36. The minimum Gasteiger partial charge on any atom is -0.323 e. The SMILES string of the molecule is Cc1ccc(SCC(N)c2cc(F)ccc2F)c(C)c1. The van der Waals surface area contributed by atoms with E-state index in [0.717, 1.165) is 17.0 Å². The molecule has 1 atom stereocenters. The molecule has 2 rings (SSSR count). The molecule has 2 N–H and O–H groups in total. The van der Waals surface area contributed by atoms with Crippen LogP contribution in [-0.2, 0) is 0 Å². The van der Waals surface area contributed by atoms with Crippen molar-refractivity contribution >= 4 is 11.8 Å². The molecular formula is C16H17F2NS. The molecule has 4 heteroatoms. The van der Waals surface area contributed by atoms with Crippen LogP contribution in [0.2, 0.25) is 0 Å². The third kappa shape index (κ3) is 3.58. The topological polar surface area (TPSA) is 26.0 Å². The van der Waals surface area contributed by atoms with Crippen LogP contribution in [0.1, 0.15) is 22.7 Å². The third-order valence-corrected chi connectivity index (χ3v) is 4.40. The van der Waals surface area contributed by atoms with E-state index in [1.165, 1.54) is 17.2 Å². The highest BCUT2D eigenvalue weighted by atomic mass is 32.2. The van der Waals surface area contributed by atoms with E-state index < -0.39 is 17.7 Å². The van der Waals surface area contributed by atoms with Gasteiger partial charge in [-0.25, -0.2) is 8.78 Å². The smallest absolute Gasteiger partial charge is 0.128 e. The Morgan fingerprint density at radius 2 is 1.85 bits per heavy atom. The van der Waals surface area contributed by atoms with Gasteiger partial charge in [-0.3, -0.25) is 0 Å². The van der Waals surface area contributed by atoms with Gasteiger partial charge in [0.1, 0.15) is 11.6 Å². The molecule has 0 radical (unpaired) electrons. The molecule has 0 heterocycles. The molecule has 1 nitrogen and oxygen atoms in total. The van der Waals surface area contributed by atoms with E-state index in [-0.39, 0.29) is 5.56 Å². The van der Waals surface area contributed by atoms with Crippen LogP contribution in [-0.4, -0.2) is 5.75 Å². The van der Waals surface area contributed by atoms with Crippen molar-refractivity contribution in [2.24, 2.45) is 5.73 Å². The number of benzene rings is 2. The fourth-order valence-corrected chi connectivity index (χ4v) is 3.02. The van der Waals surface area contributed by atoms with Gasteiger partial charge in [0.15, 0.2) is 0 Å². The molecule has 0 amide bonds. The quantitative estimate of drug-likeness (QED) is 0.847. The summed E-state index contributed by atoms with van der Waals surface area (Å²) in [7, 11) is 0. The maximum Gasteiger partial charge on any atom is 0.128 e. The molecule has 0 aliphatic rings. The normalized spacial score (nSPS) is 12.4. The van der Waals surface area contributed by atoms with Gasteiger partial charge in [0.05, 0.1) is 0 Å². The summed E-state index contributed by atoms with van der Waals surface area (Å²) in [5, 5.41) is 0. The standard InChI is InChI=1S/C16H17F2NS/c1-10-3-6-16(11(2)7-10)20-9-15(19)13-8-12(17)4-5-14(13)18/h3-8,15H,9,19H2,1-2H3. The maximum absolute atomic E-state index is 13.6. The highest BCUT2D eigenvalue weighted by molar-refractivity contribution is 7.99. The summed E-state index contributed by atoms with van der Waals surface area (Å²) in [6, 6.07) is 9.01. The zero-order valence-corrected chi connectivity index (χ0v) is 12.3. The Kier molecular flexibility index (Phi) is 4.78. The van der Waals surface area contributed by atoms with Crippen LogP contribution in [0.4, 0.5) is 8.78 Å². The summed E-state index contributed by atoms with van der Waals surface area (Å²) in [6.45, 7) is 4.07. The van der Waals surface area contributed by atoms with E-state index in [2.05, 4.69) is 6.07 Å². The Balaban J connectivity index is 2.08. The zero-order chi connectivity index (χ0) is 14.7. The van der Waals surface area contributed by atoms with E-state index in [1.54, 1.807) is 11.8 Å². The lowest BCUT2D eigenvalue weighted by Crippen LogP contribution is -2.15. The van der Waals surface area contributed by atoms with Gasteiger partial charge in [-0.15, -0.1) is 11.8 Å².